The Morgan fingerprint density at radius 3 is 0.914 bits per heavy atom. The van der Waals surface area contributed by atoms with Crippen LogP contribution >= 0.6 is 0 Å². The third-order valence-electron chi connectivity index (χ3n) is 13.0. The maximum atomic E-state index is 12.9. The van der Waals surface area contributed by atoms with Gasteiger partial charge in [-0.1, -0.05) is 261 Å². The van der Waals surface area contributed by atoms with E-state index in [1.807, 2.05) is 18.2 Å². The number of esters is 3. The SMILES string of the molecule is CC\C=C/C=C\C=C/C=C\CCCCCCCC(=O)OCC(COC(=O)CCCCCCCCC/C=C\CCCCCCCCCC)OC(=O)CCCCCCC/C=C\CCCCCCCCCCC. The van der Waals surface area contributed by atoms with Gasteiger partial charge in [0.05, 0.1) is 0 Å². The minimum absolute atomic E-state index is 0.0880. The van der Waals surface area contributed by atoms with E-state index in [1.165, 1.54) is 161 Å². The Morgan fingerprint density at radius 2 is 0.571 bits per heavy atom. The monoisotopic (exact) mass is 977 g/mol. The fraction of sp³-hybridized carbons (Fsp3) is 0.766. The smallest absolute Gasteiger partial charge is 0.306 e. The molecule has 0 aromatic carbocycles. The summed E-state index contributed by atoms with van der Waals surface area (Å²) in [7, 11) is 0. The van der Waals surface area contributed by atoms with Crippen molar-refractivity contribution in [3.63, 3.8) is 0 Å². The summed E-state index contributed by atoms with van der Waals surface area (Å²) in [5, 5.41) is 0. The molecule has 0 spiro atoms. The van der Waals surface area contributed by atoms with Gasteiger partial charge in [0.1, 0.15) is 13.2 Å². The quantitative estimate of drug-likeness (QED) is 0.0199. The molecule has 0 bridgehead atoms. The highest BCUT2D eigenvalue weighted by Gasteiger charge is 2.19. The molecule has 0 amide bonds. The number of ether oxygens (including phenoxy) is 3. The molecule has 0 saturated heterocycles. The van der Waals surface area contributed by atoms with Gasteiger partial charge in [-0.15, -0.1) is 0 Å². The largest absolute Gasteiger partial charge is 0.462 e. The number of rotatable bonds is 54. The number of hydrogen-bond acceptors (Lipinski definition) is 6. The Balaban J connectivity index is 4.41. The standard InChI is InChI=1S/C64H112O6/c1-4-7-10-13-16-19-22-25-28-30-32-34-36-39-42-45-48-51-54-57-63(66)69-60-61(59-68-62(65)56-53-50-47-44-41-38-35-27-24-21-18-15-12-9-6-3)70-64(67)58-55-52-49-46-43-40-37-33-31-29-26-23-20-17-14-11-8-5-2/h9,12,15,18,21,24,27,30,32-33,35,37,61H,4-8,10-11,13-14,16-17,19-20,22-23,25-26,28-29,31,34,36,38-60H2,1-3H3/b12-9-,18-15-,24-21-,32-30-,35-27-,37-33-. The average molecular weight is 978 g/mol. The molecule has 404 valence electrons. The van der Waals surface area contributed by atoms with Crippen LogP contribution in [0.15, 0.2) is 72.9 Å². The van der Waals surface area contributed by atoms with Gasteiger partial charge < -0.3 is 14.2 Å². The number of carbonyl (C=O) groups excluding carboxylic acids is 3. The molecule has 6 nitrogen and oxygen atoms in total. The summed E-state index contributed by atoms with van der Waals surface area (Å²) in [6.45, 7) is 6.50. The molecule has 0 aliphatic heterocycles. The summed E-state index contributed by atoms with van der Waals surface area (Å²) in [5.74, 6) is -0.914. The van der Waals surface area contributed by atoms with Crippen molar-refractivity contribution in [3.8, 4) is 0 Å². The first-order valence-electron chi connectivity index (χ1n) is 30.0. The van der Waals surface area contributed by atoms with Crippen LogP contribution in [0.25, 0.3) is 0 Å². The lowest BCUT2D eigenvalue weighted by Crippen LogP contribution is -2.30. The predicted octanol–water partition coefficient (Wildman–Crippen LogP) is 20.2. The second-order valence-corrected chi connectivity index (χ2v) is 20.0. The molecule has 0 saturated carbocycles. The second-order valence-electron chi connectivity index (χ2n) is 20.0. The first-order valence-corrected chi connectivity index (χ1v) is 30.0. The fourth-order valence-corrected chi connectivity index (χ4v) is 8.50. The van der Waals surface area contributed by atoms with E-state index in [9.17, 15) is 14.4 Å². The molecule has 0 aliphatic rings. The van der Waals surface area contributed by atoms with Crippen molar-refractivity contribution in [3.05, 3.63) is 72.9 Å². The summed E-state index contributed by atoms with van der Waals surface area (Å²) in [6.07, 6.45) is 74.7. The lowest BCUT2D eigenvalue weighted by molar-refractivity contribution is -0.167. The zero-order valence-corrected chi connectivity index (χ0v) is 46.3. The van der Waals surface area contributed by atoms with Gasteiger partial charge in [-0.05, 0) is 89.9 Å². The first-order chi connectivity index (χ1) is 34.5. The van der Waals surface area contributed by atoms with Crippen LogP contribution in [0.3, 0.4) is 0 Å². The number of allylic oxidation sites excluding steroid dienone is 12. The Labute approximate surface area is 433 Å². The summed E-state index contributed by atoms with van der Waals surface area (Å²) < 4.78 is 16.9. The van der Waals surface area contributed by atoms with Crippen molar-refractivity contribution < 1.29 is 28.6 Å². The van der Waals surface area contributed by atoms with E-state index in [0.29, 0.717) is 19.3 Å². The molecule has 0 N–H and O–H groups in total. The van der Waals surface area contributed by atoms with Crippen LogP contribution in [-0.4, -0.2) is 37.2 Å². The van der Waals surface area contributed by atoms with Crippen molar-refractivity contribution in [2.75, 3.05) is 13.2 Å². The maximum Gasteiger partial charge on any atom is 0.306 e. The normalized spacial score (nSPS) is 12.6. The van der Waals surface area contributed by atoms with Crippen LogP contribution in [0.5, 0.6) is 0 Å². The van der Waals surface area contributed by atoms with Crippen molar-refractivity contribution in [2.45, 2.75) is 303 Å². The molecule has 0 radical (unpaired) electrons. The lowest BCUT2D eigenvalue weighted by Gasteiger charge is -2.18. The first kappa shape index (κ1) is 66.9. The van der Waals surface area contributed by atoms with Gasteiger partial charge in [0.2, 0.25) is 0 Å². The Bertz CT molecular complexity index is 1310. The molecule has 0 fully saturated rings. The van der Waals surface area contributed by atoms with Gasteiger partial charge in [0.15, 0.2) is 6.10 Å². The van der Waals surface area contributed by atoms with E-state index < -0.39 is 6.10 Å². The van der Waals surface area contributed by atoms with Crippen molar-refractivity contribution in [1.82, 2.24) is 0 Å². The van der Waals surface area contributed by atoms with Gasteiger partial charge in [-0.25, -0.2) is 0 Å². The Hall–Kier alpha value is -3.15. The number of carbonyl (C=O) groups is 3. The predicted molar refractivity (Wildman–Crippen MR) is 302 cm³/mol. The molecule has 0 heterocycles. The van der Waals surface area contributed by atoms with Crippen LogP contribution in [0.1, 0.15) is 297 Å². The molecule has 6 heteroatoms. The summed E-state index contributed by atoms with van der Waals surface area (Å²) in [6, 6.07) is 0. The average Bonchev–Trinajstić information content (AvgIpc) is 3.36. The van der Waals surface area contributed by atoms with E-state index in [1.54, 1.807) is 0 Å². The van der Waals surface area contributed by atoms with Gasteiger partial charge in [0, 0.05) is 19.3 Å². The molecule has 70 heavy (non-hydrogen) atoms. The van der Waals surface area contributed by atoms with E-state index >= 15 is 0 Å². The van der Waals surface area contributed by atoms with Gasteiger partial charge in [-0.2, -0.15) is 0 Å². The van der Waals surface area contributed by atoms with Crippen LogP contribution in [-0.2, 0) is 28.6 Å². The topological polar surface area (TPSA) is 78.9 Å². The lowest BCUT2D eigenvalue weighted by atomic mass is 10.1. The van der Waals surface area contributed by atoms with Crippen LogP contribution in [0, 0.1) is 0 Å². The zero-order valence-electron chi connectivity index (χ0n) is 46.3. The summed E-state index contributed by atoms with van der Waals surface area (Å²) in [4.78, 5) is 38.2. The molecular weight excluding hydrogens is 865 g/mol. The number of unbranched alkanes of at least 4 members (excludes halogenated alkanes) is 34. The fourth-order valence-electron chi connectivity index (χ4n) is 8.50. The molecule has 0 aliphatic carbocycles. The summed E-state index contributed by atoms with van der Waals surface area (Å²) >= 11 is 0. The Kier molecular flexibility index (Phi) is 55.8. The highest BCUT2D eigenvalue weighted by molar-refractivity contribution is 5.71. The minimum atomic E-state index is -0.792. The van der Waals surface area contributed by atoms with E-state index in [2.05, 4.69) is 75.5 Å². The molecular formula is C64H112O6. The van der Waals surface area contributed by atoms with Crippen molar-refractivity contribution >= 4 is 17.9 Å². The van der Waals surface area contributed by atoms with Gasteiger partial charge in [0.25, 0.3) is 0 Å². The second kappa shape index (κ2) is 58.4. The van der Waals surface area contributed by atoms with Crippen LogP contribution in [0.4, 0.5) is 0 Å². The van der Waals surface area contributed by atoms with Crippen molar-refractivity contribution in [2.24, 2.45) is 0 Å². The molecule has 1 unspecified atom stereocenters. The molecule has 0 rings (SSSR count). The van der Waals surface area contributed by atoms with Crippen molar-refractivity contribution in [1.29, 1.82) is 0 Å². The van der Waals surface area contributed by atoms with Crippen LogP contribution in [0.2, 0.25) is 0 Å². The highest BCUT2D eigenvalue weighted by atomic mass is 16.6. The van der Waals surface area contributed by atoms with E-state index in [-0.39, 0.29) is 31.1 Å². The highest BCUT2D eigenvalue weighted by Crippen LogP contribution is 2.16. The molecule has 0 aromatic heterocycles. The zero-order chi connectivity index (χ0) is 50.7. The minimum Gasteiger partial charge on any atom is -0.462 e. The third-order valence-corrected chi connectivity index (χ3v) is 13.0. The summed E-state index contributed by atoms with van der Waals surface area (Å²) in [5.41, 5.74) is 0. The Morgan fingerprint density at radius 1 is 0.300 bits per heavy atom. The molecule has 1 atom stereocenters. The maximum absolute atomic E-state index is 12.9. The number of hydrogen-bond donors (Lipinski definition) is 0. The van der Waals surface area contributed by atoms with Gasteiger partial charge in [-0.3, -0.25) is 14.4 Å². The third kappa shape index (κ3) is 55.8. The van der Waals surface area contributed by atoms with Crippen LogP contribution < -0.4 is 0 Å². The van der Waals surface area contributed by atoms with Gasteiger partial charge >= 0.3 is 17.9 Å². The van der Waals surface area contributed by atoms with E-state index in [0.717, 1.165) is 96.3 Å². The van der Waals surface area contributed by atoms with E-state index in [4.69, 9.17) is 14.2 Å². The molecule has 0 aromatic rings.